The number of thioether (sulfide) groups is 1. The number of carbonyl (C=O) groups excluding carboxylic acids is 2. The van der Waals surface area contributed by atoms with E-state index < -0.39 is 39.5 Å². The van der Waals surface area contributed by atoms with Gasteiger partial charge >= 0.3 is 6.09 Å². The monoisotopic (exact) mass is 627 g/mol. The minimum Gasteiger partial charge on any atom is -0.444 e. The molecule has 2 aliphatic heterocycles. The van der Waals surface area contributed by atoms with Gasteiger partial charge in [-0.25, -0.2) is 13.2 Å². The lowest BCUT2D eigenvalue weighted by Gasteiger charge is -2.26. The Kier molecular flexibility index (Phi) is 8.27. The molecule has 3 atom stereocenters. The van der Waals surface area contributed by atoms with E-state index in [0.717, 1.165) is 10.0 Å². The Balaban J connectivity index is 1.67. The van der Waals surface area contributed by atoms with Crippen molar-refractivity contribution in [2.45, 2.75) is 50.1 Å². The third-order valence-electron chi connectivity index (χ3n) is 5.71. The van der Waals surface area contributed by atoms with Crippen LogP contribution < -0.4 is 10.2 Å². The molecule has 0 radical (unpaired) electrons. The molecule has 2 saturated heterocycles. The lowest BCUT2D eigenvalue weighted by molar-refractivity contribution is -0.119. The average molecular weight is 629 g/mol. The Morgan fingerprint density at radius 2 is 1.92 bits per heavy atom. The van der Waals surface area contributed by atoms with Crippen molar-refractivity contribution in [1.82, 2.24) is 5.32 Å². The number of halogens is 2. The van der Waals surface area contributed by atoms with Crippen LogP contribution in [0, 0.1) is 0 Å². The number of ether oxygens (including phenoxy) is 1. The first-order chi connectivity index (χ1) is 17.3. The number of fused-ring (bicyclic) bond motifs is 1. The molecule has 2 heterocycles. The van der Waals surface area contributed by atoms with Crippen molar-refractivity contribution in [3.05, 3.63) is 63.6 Å². The number of sulfone groups is 1. The van der Waals surface area contributed by atoms with Gasteiger partial charge in [-0.3, -0.25) is 4.79 Å². The molecule has 3 unspecified atom stereocenters. The van der Waals surface area contributed by atoms with Crippen LogP contribution in [-0.2, 0) is 25.8 Å². The quantitative estimate of drug-likeness (QED) is 0.505. The molecule has 0 aliphatic carbocycles. The summed E-state index contributed by atoms with van der Waals surface area (Å²) in [5.41, 5.74) is 0.663. The molecule has 0 aromatic heterocycles. The molecule has 0 saturated carbocycles. The topological polar surface area (TPSA) is 105 Å². The van der Waals surface area contributed by atoms with E-state index >= 15 is 0 Å². The molecule has 37 heavy (non-hydrogen) atoms. The summed E-state index contributed by atoms with van der Waals surface area (Å²) in [5.74, 6) is -0.643. The fourth-order valence-corrected chi connectivity index (χ4v) is 8.87. The van der Waals surface area contributed by atoms with Gasteiger partial charge in [0, 0.05) is 16.1 Å². The van der Waals surface area contributed by atoms with Crippen molar-refractivity contribution in [3.8, 4) is 0 Å². The summed E-state index contributed by atoms with van der Waals surface area (Å²) in [4.78, 5) is 32.2. The summed E-state index contributed by atoms with van der Waals surface area (Å²) < 4.78 is 30.9. The molecule has 12 heteroatoms. The normalized spacial score (nSPS) is 22.5. The van der Waals surface area contributed by atoms with Crippen LogP contribution in [0.4, 0.5) is 10.5 Å². The Morgan fingerprint density at radius 3 is 2.57 bits per heavy atom. The lowest BCUT2D eigenvalue weighted by Crippen LogP contribution is -2.45. The van der Waals surface area contributed by atoms with Crippen molar-refractivity contribution >= 4 is 72.0 Å². The first-order valence-electron chi connectivity index (χ1n) is 11.6. The Labute approximate surface area is 234 Å². The Hall–Kier alpha value is -2.08. The minimum atomic E-state index is -3.24. The van der Waals surface area contributed by atoms with E-state index in [4.69, 9.17) is 16.3 Å². The standard InChI is InChI=1S/C25H27BrClN3O5S2/c1-25(2,3)35-24(32)28-18(11-15-7-5-4-6-8-15)22(31)29-23-30(19-10-9-16(26)12-17(19)27)20-13-37(33,34)14-21(20)36-23/h4-10,12,18,20-21H,11,13-14H2,1-3H3,(H,28,32). The van der Waals surface area contributed by atoms with Gasteiger partial charge in [0.15, 0.2) is 15.0 Å². The van der Waals surface area contributed by atoms with Gasteiger partial charge in [0.25, 0.3) is 5.91 Å². The van der Waals surface area contributed by atoms with Gasteiger partial charge in [-0.05, 0) is 44.5 Å². The number of hydrogen-bond acceptors (Lipinski definition) is 6. The van der Waals surface area contributed by atoms with E-state index in [1.165, 1.54) is 11.8 Å². The summed E-state index contributed by atoms with van der Waals surface area (Å²) in [6.07, 6.45) is -0.516. The summed E-state index contributed by atoms with van der Waals surface area (Å²) in [6, 6.07) is 13.1. The molecule has 0 spiro atoms. The van der Waals surface area contributed by atoms with Crippen LogP contribution in [0.1, 0.15) is 26.3 Å². The molecule has 0 bridgehead atoms. The van der Waals surface area contributed by atoms with E-state index in [-0.39, 0.29) is 23.2 Å². The third-order valence-corrected chi connectivity index (χ3v) is 9.72. The molecule has 4 rings (SSSR count). The predicted octanol–water partition coefficient (Wildman–Crippen LogP) is 4.84. The number of alkyl carbamates (subject to hydrolysis) is 1. The highest BCUT2D eigenvalue weighted by Gasteiger charge is 2.50. The largest absolute Gasteiger partial charge is 0.444 e. The highest BCUT2D eigenvalue weighted by atomic mass is 79.9. The molecule has 2 aromatic carbocycles. The van der Waals surface area contributed by atoms with Gasteiger partial charge in [0.05, 0.1) is 28.3 Å². The van der Waals surface area contributed by atoms with Crippen LogP contribution in [0.3, 0.4) is 0 Å². The number of rotatable bonds is 5. The number of hydrogen-bond donors (Lipinski definition) is 1. The first kappa shape index (κ1) is 27.9. The van der Waals surface area contributed by atoms with Crippen LogP contribution >= 0.6 is 39.3 Å². The summed E-state index contributed by atoms with van der Waals surface area (Å²) in [7, 11) is -3.24. The second-order valence-electron chi connectivity index (χ2n) is 9.89. The van der Waals surface area contributed by atoms with Gasteiger partial charge in [-0.2, -0.15) is 4.99 Å². The van der Waals surface area contributed by atoms with E-state index in [0.29, 0.717) is 15.9 Å². The molecule has 2 fully saturated rings. The molecule has 2 aromatic rings. The Bertz CT molecular complexity index is 1330. The van der Waals surface area contributed by atoms with Gasteiger partial charge < -0.3 is 15.0 Å². The fourth-order valence-electron chi connectivity index (χ4n) is 4.19. The number of nitrogens with one attached hydrogen (secondary N) is 1. The maximum atomic E-state index is 13.5. The van der Waals surface area contributed by atoms with E-state index in [1.54, 1.807) is 43.9 Å². The minimum absolute atomic E-state index is 0.0101. The maximum absolute atomic E-state index is 13.5. The van der Waals surface area contributed by atoms with Gasteiger partial charge in [-0.1, -0.05) is 69.6 Å². The first-order valence-corrected chi connectivity index (χ1v) is 15.5. The van der Waals surface area contributed by atoms with Gasteiger partial charge in [-0.15, -0.1) is 0 Å². The lowest BCUT2D eigenvalue weighted by atomic mass is 10.1. The second-order valence-corrected chi connectivity index (χ2v) is 14.6. The summed E-state index contributed by atoms with van der Waals surface area (Å²) in [6.45, 7) is 5.22. The molecule has 1 N–H and O–H groups in total. The van der Waals surface area contributed by atoms with Crippen LogP contribution in [0.2, 0.25) is 5.02 Å². The van der Waals surface area contributed by atoms with E-state index in [1.807, 2.05) is 30.3 Å². The second kappa shape index (κ2) is 11.0. The van der Waals surface area contributed by atoms with E-state index in [2.05, 4.69) is 26.2 Å². The molecular weight excluding hydrogens is 602 g/mol. The number of carbonyl (C=O) groups is 2. The molecule has 2 aliphatic rings. The van der Waals surface area contributed by atoms with Crippen LogP contribution in [-0.4, -0.2) is 60.0 Å². The van der Waals surface area contributed by atoms with Crippen molar-refractivity contribution in [3.63, 3.8) is 0 Å². The zero-order valence-electron chi connectivity index (χ0n) is 20.5. The van der Waals surface area contributed by atoms with E-state index in [9.17, 15) is 18.0 Å². The van der Waals surface area contributed by atoms with Crippen molar-refractivity contribution in [1.29, 1.82) is 0 Å². The molecule has 8 nitrogen and oxygen atoms in total. The smallest absolute Gasteiger partial charge is 0.408 e. The number of anilines is 1. The molecule has 2 amide bonds. The zero-order valence-corrected chi connectivity index (χ0v) is 24.5. The third kappa shape index (κ3) is 7.07. The number of nitrogens with zero attached hydrogens (tertiary/aromatic N) is 2. The zero-order chi connectivity index (χ0) is 27.0. The van der Waals surface area contributed by atoms with Gasteiger partial charge in [0.1, 0.15) is 11.6 Å². The highest BCUT2D eigenvalue weighted by Crippen LogP contribution is 2.43. The van der Waals surface area contributed by atoms with Crippen molar-refractivity contribution in [2.24, 2.45) is 4.99 Å². The predicted molar refractivity (Wildman–Crippen MR) is 151 cm³/mol. The fraction of sp³-hybridized carbons (Fsp3) is 0.400. The number of amidine groups is 1. The van der Waals surface area contributed by atoms with Crippen LogP contribution in [0.25, 0.3) is 0 Å². The number of aliphatic imine (C=N–C) groups is 1. The molecule has 198 valence electrons. The summed E-state index contributed by atoms with van der Waals surface area (Å²) in [5, 5.41) is 3.12. The van der Waals surface area contributed by atoms with Crippen LogP contribution in [0.5, 0.6) is 0 Å². The summed E-state index contributed by atoms with van der Waals surface area (Å²) >= 11 is 11.2. The van der Waals surface area contributed by atoms with Crippen molar-refractivity contribution < 1.29 is 22.7 Å². The highest BCUT2D eigenvalue weighted by molar-refractivity contribution is 9.10. The average Bonchev–Trinajstić information content (AvgIpc) is 3.24. The number of benzene rings is 2. The maximum Gasteiger partial charge on any atom is 0.408 e. The molecular formula is C25H27BrClN3O5S2. The van der Waals surface area contributed by atoms with Crippen molar-refractivity contribution in [2.75, 3.05) is 16.4 Å². The van der Waals surface area contributed by atoms with Crippen LogP contribution in [0.15, 0.2) is 58.0 Å². The SMILES string of the molecule is CC(C)(C)OC(=O)NC(Cc1ccccc1)C(=O)N=C1SC2CS(=O)(=O)CC2N1c1ccc(Br)cc1Cl. The number of amides is 2. The van der Waals surface area contributed by atoms with Gasteiger partial charge in [0.2, 0.25) is 0 Å². The Morgan fingerprint density at radius 1 is 1.22 bits per heavy atom.